The molecular formula is C20H32N2O. The fraction of sp³-hybridized carbons (Fsp3) is 0.700. The third kappa shape index (κ3) is 4.34. The van der Waals surface area contributed by atoms with Crippen LogP contribution in [-0.4, -0.2) is 48.8 Å². The zero-order valence-electron chi connectivity index (χ0n) is 14.5. The smallest absolute Gasteiger partial charge is 0.0558 e. The highest BCUT2D eigenvalue weighted by atomic mass is 16.3. The Morgan fingerprint density at radius 1 is 1.17 bits per heavy atom. The van der Waals surface area contributed by atoms with Gasteiger partial charge in [-0.3, -0.25) is 0 Å². The number of piperidine rings is 1. The van der Waals surface area contributed by atoms with E-state index in [0.717, 1.165) is 25.6 Å². The lowest BCUT2D eigenvalue weighted by Crippen LogP contribution is -2.40. The van der Waals surface area contributed by atoms with Gasteiger partial charge in [0, 0.05) is 12.6 Å². The summed E-state index contributed by atoms with van der Waals surface area (Å²) in [6.07, 6.45) is 6.41. The van der Waals surface area contributed by atoms with Crippen molar-refractivity contribution in [2.75, 3.05) is 32.8 Å². The van der Waals surface area contributed by atoms with Crippen LogP contribution >= 0.6 is 0 Å². The van der Waals surface area contributed by atoms with Crippen LogP contribution in [0.25, 0.3) is 0 Å². The van der Waals surface area contributed by atoms with Gasteiger partial charge in [-0.25, -0.2) is 0 Å². The molecule has 0 unspecified atom stereocenters. The molecule has 3 heteroatoms. The minimum absolute atomic E-state index is 0.295. The lowest BCUT2D eigenvalue weighted by molar-refractivity contribution is 0.145. The molecule has 0 spiro atoms. The Balaban J connectivity index is 1.43. The number of hydrogen-bond donors (Lipinski definition) is 2. The third-order valence-electron chi connectivity index (χ3n) is 6.03. The van der Waals surface area contributed by atoms with Crippen LogP contribution in [0.15, 0.2) is 30.3 Å². The summed E-state index contributed by atoms with van der Waals surface area (Å²) in [6, 6.07) is 11.7. The zero-order chi connectivity index (χ0) is 16.1. The molecule has 1 heterocycles. The van der Waals surface area contributed by atoms with E-state index in [1.54, 1.807) is 0 Å². The van der Waals surface area contributed by atoms with Gasteiger partial charge in [0.2, 0.25) is 0 Å². The highest BCUT2D eigenvalue weighted by molar-refractivity contribution is 5.26. The summed E-state index contributed by atoms with van der Waals surface area (Å²) in [5.74, 6) is 0.813. The van der Waals surface area contributed by atoms with Crippen molar-refractivity contribution in [1.82, 2.24) is 10.2 Å². The SMILES string of the molecule is C[C@]1(c2ccccc2)CC[C@@H](NCC2CCN(CCO)CC2)C1. The van der Waals surface area contributed by atoms with E-state index in [1.807, 2.05) is 0 Å². The summed E-state index contributed by atoms with van der Waals surface area (Å²) < 4.78 is 0. The molecule has 1 aromatic carbocycles. The van der Waals surface area contributed by atoms with Crippen molar-refractivity contribution in [3.63, 3.8) is 0 Å². The van der Waals surface area contributed by atoms with Gasteiger partial charge in [-0.2, -0.15) is 0 Å². The summed E-state index contributed by atoms with van der Waals surface area (Å²) in [6.45, 7) is 7.04. The van der Waals surface area contributed by atoms with E-state index < -0.39 is 0 Å². The maximum atomic E-state index is 9.02. The Labute approximate surface area is 141 Å². The van der Waals surface area contributed by atoms with Crippen LogP contribution in [0.2, 0.25) is 0 Å². The first-order chi connectivity index (χ1) is 11.2. The normalized spacial score (nSPS) is 29.9. The predicted molar refractivity (Wildman–Crippen MR) is 95.7 cm³/mol. The molecule has 0 radical (unpaired) electrons. The van der Waals surface area contributed by atoms with Gasteiger partial charge in [0.25, 0.3) is 0 Å². The molecule has 1 aromatic rings. The number of aliphatic hydroxyl groups is 1. The first-order valence-electron chi connectivity index (χ1n) is 9.32. The van der Waals surface area contributed by atoms with Crippen molar-refractivity contribution in [1.29, 1.82) is 0 Å². The lowest BCUT2D eigenvalue weighted by Gasteiger charge is -2.32. The maximum Gasteiger partial charge on any atom is 0.0558 e. The van der Waals surface area contributed by atoms with Crippen LogP contribution in [-0.2, 0) is 5.41 Å². The number of β-amino-alcohol motifs (C(OH)–C–C–N with tert-alkyl or cyclic N) is 1. The molecule has 1 aliphatic heterocycles. The lowest BCUT2D eigenvalue weighted by atomic mass is 9.81. The molecule has 2 fully saturated rings. The van der Waals surface area contributed by atoms with Crippen molar-refractivity contribution in [3.8, 4) is 0 Å². The first-order valence-corrected chi connectivity index (χ1v) is 9.32. The fourth-order valence-corrected chi connectivity index (χ4v) is 4.41. The van der Waals surface area contributed by atoms with Crippen molar-refractivity contribution in [2.45, 2.75) is 50.5 Å². The summed E-state index contributed by atoms with van der Waals surface area (Å²) in [5.41, 5.74) is 1.85. The molecular weight excluding hydrogens is 284 g/mol. The topological polar surface area (TPSA) is 35.5 Å². The van der Waals surface area contributed by atoms with Crippen LogP contribution in [0.1, 0.15) is 44.6 Å². The van der Waals surface area contributed by atoms with Crippen molar-refractivity contribution in [3.05, 3.63) is 35.9 Å². The first kappa shape index (κ1) is 16.9. The van der Waals surface area contributed by atoms with Crippen molar-refractivity contribution in [2.24, 2.45) is 5.92 Å². The second-order valence-corrected chi connectivity index (χ2v) is 7.78. The van der Waals surface area contributed by atoms with Gasteiger partial charge in [0.1, 0.15) is 0 Å². The summed E-state index contributed by atoms with van der Waals surface area (Å²) >= 11 is 0. The van der Waals surface area contributed by atoms with E-state index in [1.165, 1.54) is 44.2 Å². The zero-order valence-corrected chi connectivity index (χ0v) is 14.5. The molecule has 2 atom stereocenters. The van der Waals surface area contributed by atoms with Crippen LogP contribution in [0.3, 0.4) is 0 Å². The molecule has 3 nitrogen and oxygen atoms in total. The van der Waals surface area contributed by atoms with Gasteiger partial charge in [0.05, 0.1) is 6.61 Å². The largest absolute Gasteiger partial charge is 0.395 e. The fourth-order valence-electron chi connectivity index (χ4n) is 4.41. The molecule has 1 saturated carbocycles. The number of rotatable bonds is 6. The van der Waals surface area contributed by atoms with E-state index in [2.05, 4.69) is 47.5 Å². The van der Waals surface area contributed by atoms with Gasteiger partial charge in [0.15, 0.2) is 0 Å². The second kappa shape index (κ2) is 7.78. The van der Waals surface area contributed by atoms with Gasteiger partial charge >= 0.3 is 0 Å². The Kier molecular flexibility index (Phi) is 5.73. The summed E-state index contributed by atoms with van der Waals surface area (Å²) in [7, 11) is 0. The average molecular weight is 316 g/mol. The van der Waals surface area contributed by atoms with Crippen LogP contribution < -0.4 is 5.32 Å². The Hall–Kier alpha value is -0.900. The van der Waals surface area contributed by atoms with Crippen LogP contribution in [0.5, 0.6) is 0 Å². The van der Waals surface area contributed by atoms with Crippen LogP contribution in [0, 0.1) is 5.92 Å². The number of nitrogens with one attached hydrogen (secondary N) is 1. The minimum atomic E-state index is 0.295. The molecule has 3 rings (SSSR count). The number of benzene rings is 1. The van der Waals surface area contributed by atoms with Gasteiger partial charge < -0.3 is 15.3 Å². The standard InChI is InChI=1S/C20H32N2O/c1-20(18-5-3-2-4-6-18)10-7-19(15-20)21-16-17-8-11-22(12-9-17)13-14-23/h2-6,17,19,21,23H,7-16H2,1H3/t19-,20+/m1/s1. The number of nitrogens with zero attached hydrogens (tertiary/aromatic N) is 1. The highest BCUT2D eigenvalue weighted by Crippen LogP contribution is 2.40. The van der Waals surface area contributed by atoms with E-state index in [-0.39, 0.29) is 0 Å². The van der Waals surface area contributed by atoms with Crippen molar-refractivity contribution >= 4 is 0 Å². The average Bonchev–Trinajstić information content (AvgIpc) is 2.98. The predicted octanol–water partition coefficient (Wildman–Crippen LogP) is 2.79. The molecule has 1 saturated heterocycles. The van der Waals surface area contributed by atoms with Gasteiger partial charge in [-0.15, -0.1) is 0 Å². The second-order valence-electron chi connectivity index (χ2n) is 7.78. The molecule has 2 N–H and O–H groups in total. The van der Waals surface area contributed by atoms with E-state index in [9.17, 15) is 0 Å². The Morgan fingerprint density at radius 2 is 1.91 bits per heavy atom. The number of aliphatic hydroxyl groups excluding tert-OH is 1. The van der Waals surface area contributed by atoms with E-state index in [0.29, 0.717) is 18.1 Å². The number of likely N-dealkylation sites (tertiary alicyclic amines) is 1. The molecule has 0 bridgehead atoms. The van der Waals surface area contributed by atoms with Crippen molar-refractivity contribution < 1.29 is 5.11 Å². The summed E-state index contributed by atoms with van der Waals surface area (Å²) in [5, 5.41) is 12.9. The molecule has 2 aliphatic rings. The quantitative estimate of drug-likeness (QED) is 0.847. The monoisotopic (exact) mass is 316 g/mol. The molecule has 0 amide bonds. The van der Waals surface area contributed by atoms with E-state index in [4.69, 9.17) is 5.11 Å². The highest BCUT2D eigenvalue weighted by Gasteiger charge is 2.36. The molecule has 1 aliphatic carbocycles. The molecule has 0 aromatic heterocycles. The Morgan fingerprint density at radius 3 is 2.61 bits per heavy atom. The Bertz CT molecular complexity index is 470. The third-order valence-corrected chi connectivity index (χ3v) is 6.03. The summed E-state index contributed by atoms with van der Waals surface area (Å²) in [4.78, 5) is 2.39. The number of hydrogen-bond acceptors (Lipinski definition) is 3. The van der Waals surface area contributed by atoms with Gasteiger partial charge in [-0.05, 0) is 68.6 Å². The van der Waals surface area contributed by atoms with Gasteiger partial charge in [-0.1, -0.05) is 37.3 Å². The molecule has 23 heavy (non-hydrogen) atoms. The minimum Gasteiger partial charge on any atom is -0.395 e. The van der Waals surface area contributed by atoms with E-state index >= 15 is 0 Å². The maximum absolute atomic E-state index is 9.02. The van der Waals surface area contributed by atoms with Crippen LogP contribution in [0.4, 0.5) is 0 Å². The molecule has 128 valence electrons.